The lowest BCUT2D eigenvalue weighted by Crippen LogP contribution is -2.36. The van der Waals surface area contributed by atoms with Crippen LogP contribution >= 0.6 is 0 Å². The van der Waals surface area contributed by atoms with Crippen LogP contribution in [-0.2, 0) is 24.4 Å². The van der Waals surface area contributed by atoms with Crippen LogP contribution in [0.25, 0.3) is 21.8 Å². The third kappa shape index (κ3) is 4.86. The second kappa shape index (κ2) is 10.0. The molecule has 3 heterocycles. The van der Waals surface area contributed by atoms with Gasteiger partial charge in [0.25, 0.3) is 5.56 Å². The topological polar surface area (TPSA) is 72.2 Å². The van der Waals surface area contributed by atoms with Crippen molar-refractivity contribution in [1.82, 2.24) is 24.6 Å². The molecule has 5 rings (SSSR count). The first kappa shape index (κ1) is 23.3. The van der Waals surface area contributed by atoms with Gasteiger partial charge >= 0.3 is 0 Å². The Labute approximate surface area is 205 Å². The molecule has 0 bridgehead atoms. The zero-order valence-corrected chi connectivity index (χ0v) is 20.5. The molecule has 2 aromatic carbocycles. The van der Waals surface area contributed by atoms with Gasteiger partial charge in [-0.3, -0.25) is 14.5 Å². The lowest BCUT2D eigenvalue weighted by Gasteiger charge is -2.16. The van der Waals surface area contributed by atoms with Crippen molar-refractivity contribution < 1.29 is 4.79 Å². The molecule has 1 aliphatic rings. The van der Waals surface area contributed by atoms with Crippen LogP contribution in [0.1, 0.15) is 30.9 Å². The molecule has 1 aliphatic heterocycles. The molecular formula is C28H33N5O2. The molecule has 1 N–H and O–H groups in total. The summed E-state index contributed by atoms with van der Waals surface area (Å²) in [6, 6.07) is 16.7. The van der Waals surface area contributed by atoms with E-state index < -0.39 is 0 Å². The van der Waals surface area contributed by atoms with Crippen molar-refractivity contribution in [2.24, 2.45) is 5.92 Å². The van der Waals surface area contributed by atoms with Gasteiger partial charge in [-0.25, -0.2) is 4.68 Å². The minimum Gasteiger partial charge on any atom is -0.354 e. The van der Waals surface area contributed by atoms with Crippen molar-refractivity contribution in [3.8, 4) is 0 Å². The predicted molar refractivity (Wildman–Crippen MR) is 139 cm³/mol. The van der Waals surface area contributed by atoms with Crippen LogP contribution in [0.4, 0.5) is 0 Å². The fourth-order valence-electron chi connectivity index (χ4n) is 5.19. The van der Waals surface area contributed by atoms with Crippen LogP contribution in [0.3, 0.4) is 0 Å². The molecular weight excluding hydrogens is 438 g/mol. The van der Waals surface area contributed by atoms with Crippen molar-refractivity contribution in [3.05, 3.63) is 76.2 Å². The molecule has 0 saturated carbocycles. The van der Waals surface area contributed by atoms with Gasteiger partial charge < -0.3 is 9.88 Å². The summed E-state index contributed by atoms with van der Waals surface area (Å²) < 4.78 is 3.35. The van der Waals surface area contributed by atoms with Crippen LogP contribution in [0, 0.1) is 12.8 Å². The molecule has 0 unspecified atom stereocenters. The molecule has 1 fully saturated rings. The first-order valence-corrected chi connectivity index (χ1v) is 12.5. The second-order valence-electron chi connectivity index (χ2n) is 9.72. The number of nitrogens with zero attached hydrogens (tertiary/aromatic N) is 4. The van der Waals surface area contributed by atoms with Crippen LogP contribution < -0.4 is 10.9 Å². The molecule has 2 aromatic heterocycles. The van der Waals surface area contributed by atoms with Crippen LogP contribution in [0.2, 0.25) is 0 Å². The van der Waals surface area contributed by atoms with Crippen molar-refractivity contribution in [2.75, 3.05) is 19.6 Å². The van der Waals surface area contributed by atoms with E-state index in [1.807, 2.05) is 24.3 Å². The van der Waals surface area contributed by atoms with E-state index in [-0.39, 0.29) is 18.0 Å². The smallest absolute Gasteiger partial charge is 0.291 e. The molecule has 7 nitrogen and oxygen atoms in total. The Hall–Kier alpha value is -3.45. The number of amides is 1. The summed E-state index contributed by atoms with van der Waals surface area (Å²) >= 11 is 0. The first-order valence-electron chi connectivity index (χ1n) is 12.5. The number of aromatic nitrogens is 3. The Bertz CT molecular complexity index is 1400. The van der Waals surface area contributed by atoms with Crippen LogP contribution in [0.15, 0.2) is 59.5 Å². The molecule has 7 heteroatoms. The highest BCUT2D eigenvalue weighted by molar-refractivity contribution is 6.07. The van der Waals surface area contributed by atoms with E-state index in [0.717, 1.165) is 55.3 Å². The quantitative estimate of drug-likeness (QED) is 0.425. The fourth-order valence-corrected chi connectivity index (χ4v) is 5.19. The van der Waals surface area contributed by atoms with Gasteiger partial charge in [-0.15, -0.1) is 0 Å². The number of likely N-dealkylation sites (tertiary alicyclic amines) is 1. The molecule has 1 saturated heterocycles. The summed E-state index contributed by atoms with van der Waals surface area (Å²) in [5.74, 6) is 0.248. The minimum absolute atomic E-state index is 0.0672. The first-order chi connectivity index (χ1) is 17.0. The summed E-state index contributed by atoms with van der Waals surface area (Å²) in [5, 5.41) is 9.24. The zero-order valence-electron chi connectivity index (χ0n) is 20.5. The van der Waals surface area contributed by atoms with E-state index >= 15 is 0 Å². The molecule has 0 spiro atoms. The third-order valence-electron chi connectivity index (χ3n) is 7.00. The number of carbonyl (C=O) groups is 1. The summed E-state index contributed by atoms with van der Waals surface area (Å²) in [7, 11) is 0. The number of rotatable bonds is 8. The van der Waals surface area contributed by atoms with Crippen LogP contribution in [-0.4, -0.2) is 44.8 Å². The number of benzene rings is 2. The monoisotopic (exact) mass is 471 g/mol. The zero-order chi connectivity index (χ0) is 24.4. The predicted octanol–water partition coefficient (Wildman–Crippen LogP) is 3.71. The van der Waals surface area contributed by atoms with E-state index in [9.17, 15) is 9.59 Å². The summed E-state index contributed by atoms with van der Waals surface area (Å²) in [6.07, 6.45) is 3.70. The van der Waals surface area contributed by atoms with Gasteiger partial charge in [0.2, 0.25) is 5.91 Å². The molecule has 0 radical (unpaired) electrons. The Morgan fingerprint density at radius 2 is 1.91 bits per heavy atom. The van der Waals surface area contributed by atoms with Crippen molar-refractivity contribution in [1.29, 1.82) is 0 Å². The molecule has 1 atom stereocenters. The Morgan fingerprint density at radius 3 is 2.71 bits per heavy atom. The Balaban J connectivity index is 1.23. The van der Waals surface area contributed by atoms with Gasteiger partial charge in [0.1, 0.15) is 12.1 Å². The second-order valence-corrected chi connectivity index (χ2v) is 9.72. The highest BCUT2D eigenvalue weighted by atomic mass is 16.2. The molecule has 0 aliphatic carbocycles. The van der Waals surface area contributed by atoms with E-state index in [4.69, 9.17) is 0 Å². The number of fused-ring (bicyclic) bond motifs is 3. The van der Waals surface area contributed by atoms with E-state index in [1.165, 1.54) is 15.8 Å². The summed E-state index contributed by atoms with van der Waals surface area (Å²) in [5.41, 5.74) is 4.03. The number of aryl methyl sites for hydroxylation is 2. The lowest BCUT2D eigenvalue weighted by molar-refractivity contribution is -0.122. The van der Waals surface area contributed by atoms with Gasteiger partial charge in [0.15, 0.2) is 0 Å². The highest BCUT2D eigenvalue weighted by Gasteiger charge is 2.23. The SMILES string of the molecule is CCCn1c2ccccc2c2cnn(CC(=O)NC[C@H]3CCN(Cc4ccc(C)cc4)C3)c(=O)c21. The van der Waals surface area contributed by atoms with Gasteiger partial charge in [-0.05, 0) is 43.9 Å². The van der Waals surface area contributed by atoms with Crippen LogP contribution in [0.5, 0.6) is 0 Å². The Morgan fingerprint density at radius 1 is 1.11 bits per heavy atom. The van der Waals surface area contributed by atoms with Gasteiger partial charge in [-0.1, -0.05) is 55.0 Å². The molecule has 1 amide bonds. The average molecular weight is 472 g/mol. The lowest BCUT2D eigenvalue weighted by atomic mass is 10.1. The normalized spacial score (nSPS) is 16.3. The number of hydrogen-bond acceptors (Lipinski definition) is 4. The number of carbonyl (C=O) groups excluding carboxylic acids is 1. The van der Waals surface area contributed by atoms with Gasteiger partial charge in [0.05, 0.1) is 6.20 Å². The molecule has 4 aromatic rings. The van der Waals surface area contributed by atoms with E-state index in [2.05, 4.69) is 58.0 Å². The van der Waals surface area contributed by atoms with Crippen molar-refractivity contribution >= 4 is 27.7 Å². The van der Waals surface area contributed by atoms with Gasteiger partial charge in [-0.2, -0.15) is 5.10 Å². The minimum atomic E-state index is -0.215. The number of para-hydroxylation sites is 1. The Kier molecular flexibility index (Phi) is 6.68. The van der Waals surface area contributed by atoms with Gasteiger partial charge in [0, 0.05) is 42.5 Å². The standard InChI is InChI=1S/C28H33N5O2/c1-3-13-32-25-7-5-4-6-23(25)24-16-30-33(28(35)27(24)32)19-26(34)29-15-22-12-14-31(18-22)17-21-10-8-20(2)9-11-21/h4-11,16,22H,3,12-15,17-19H2,1-2H3,(H,29,34)/t22-/m1/s1. The maximum atomic E-state index is 13.3. The summed E-state index contributed by atoms with van der Waals surface area (Å²) in [6.45, 7) is 8.44. The fraction of sp³-hybridized carbons (Fsp3) is 0.393. The summed E-state index contributed by atoms with van der Waals surface area (Å²) in [4.78, 5) is 28.5. The maximum Gasteiger partial charge on any atom is 0.291 e. The maximum absolute atomic E-state index is 13.3. The van der Waals surface area contributed by atoms with Crippen molar-refractivity contribution in [3.63, 3.8) is 0 Å². The van der Waals surface area contributed by atoms with E-state index in [1.54, 1.807) is 6.20 Å². The average Bonchev–Trinajstić information content (AvgIpc) is 3.44. The largest absolute Gasteiger partial charge is 0.354 e. The van der Waals surface area contributed by atoms with Crippen molar-refractivity contribution in [2.45, 2.75) is 46.3 Å². The number of hydrogen-bond donors (Lipinski definition) is 1. The molecule has 182 valence electrons. The number of nitrogens with one attached hydrogen (secondary N) is 1. The molecule has 35 heavy (non-hydrogen) atoms. The third-order valence-corrected chi connectivity index (χ3v) is 7.00. The van der Waals surface area contributed by atoms with E-state index in [0.29, 0.717) is 18.0 Å². The highest BCUT2D eigenvalue weighted by Crippen LogP contribution is 2.26.